The van der Waals surface area contributed by atoms with Gasteiger partial charge in [0.05, 0.1) is 5.02 Å². The number of nitrogens with zero attached hydrogens (tertiary/aromatic N) is 2. The Morgan fingerprint density at radius 1 is 1.03 bits per heavy atom. The highest BCUT2D eigenvalue weighted by atomic mass is 35.5. The average molecular weight is 464 g/mol. The number of benzene rings is 2. The zero-order valence-electron chi connectivity index (χ0n) is 17.8. The molecule has 2 aromatic carbocycles. The van der Waals surface area contributed by atoms with Crippen LogP contribution in [0.15, 0.2) is 66.9 Å². The fourth-order valence-corrected chi connectivity index (χ4v) is 3.88. The molecule has 172 valence electrons. The number of carbonyl (C=O) groups is 1. The van der Waals surface area contributed by atoms with Gasteiger partial charge in [0.15, 0.2) is 0 Å². The Kier molecular flexibility index (Phi) is 8.58. The molecular weight excluding hydrogens is 434 g/mol. The number of carbonyl (C=O) groups excluding carboxylic acids is 1. The number of aryl methyl sites for hydroxylation is 2. The summed E-state index contributed by atoms with van der Waals surface area (Å²) < 4.78 is 0. The molecule has 2 heterocycles. The van der Waals surface area contributed by atoms with Gasteiger partial charge < -0.3 is 15.5 Å². The van der Waals surface area contributed by atoms with E-state index in [1.54, 1.807) is 12.1 Å². The normalized spacial score (nSPS) is 13.2. The summed E-state index contributed by atoms with van der Waals surface area (Å²) in [5, 5.41) is 15.1. The van der Waals surface area contributed by atoms with Crippen molar-refractivity contribution in [2.75, 3.05) is 31.5 Å². The summed E-state index contributed by atoms with van der Waals surface area (Å²) in [5.41, 5.74) is 3.74. The third-order valence-electron chi connectivity index (χ3n) is 5.57. The van der Waals surface area contributed by atoms with Crippen LogP contribution < -0.4 is 10.6 Å². The SMILES string of the molecule is C.N=C(c1ccc(CCc2ccccc2C(=O)Nc2ccc(Cl)cn2)cc1)N1CCNCC1. The van der Waals surface area contributed by atoms with E-state index in [2.05, 4.69) is 32.7 Å². The summed E-state index contributed by atoms with van der Waals surface area (Å²) in [5.74, 6) is 0.864. The number of amidine groups is 1. The van der Waals surface area contributed by atoms with Crippen molar-refractivity contribution in [3.8, 4) is 0 Å². The highest BCUT2D eigenvalue weighted by Gasteiger charge is 2.15. The lowest BCUT2D eigenvalue weighted by Crippen LogP contribution is -2.46. The largest absolute Gasteiger partial charge is 0.354 e. The number of anilines is 1. The second kappa shape index (κ2) is 11.6. The second-order valence-electron chi connectivity index (χ2n) is 7.76. The number of rotatable bonds is 6. The fourth-order valence-electron chi connectivity index (χ4n) is 3.77. The summed E-state index contributed by atoms with van der Waals surface area (Å²) >= 11 is 5.86. The van der Waals surface area contributed by atoms with E-state index in [1.165, 1.54) is 11.8 Å². The molecule has 0 atom stereocenters. The van der Waals surface area contributed by atoms with E-state index in [-0.39, 0.29) is 13.3 Å². The van der Waals surface area contributed by atoms with Gasteiger partial charge >= 0.3 is 0 Å². The van der Waals surface area contributed by atoms with Gasteiger partial charge in [-0.1, -0.05) is 61.5 Å². The molecule has 4 rings (SSSR count). The summed E-state index contributed by atoms with van der Waals surface area (Å²) in [6.07, 6.45) is 3.06. The molecule has 1 aliphatic heterocycles. The van der Waals surface area contributed by atoms with Gasteiger partial charge in [-0.3, -0.25) is 10.2 Å². The molecular formula is C26H30ClN5O. The zero-order valence-corrected chi connectivity index (χ0v) is 18.5. The van der Waals surface area contributed by atoms with Gasteiger partial charge in [-0.15, -0.1) is 0 Å². The van der Waals surface area contributed by atoms with Crippen LogP contribution in [0.5, 0.6) is 0 Å². The predicted molar refractivity (Wildman–Crippen MR) is 135 cm³/mol. The molecule has 3 N–H and O–H groups in total. The molecule has 0 aliphatic carbocycles. The number of piperazine rings is 1. The number of halogens is 1. The van der Waals surface area contributed by atoms with Crippen LogP contribution >= 0.6 is 11.6 Å². The van der Waals surface area contributed by atoms with Gasteiger partial charge in [0.25, 0.3) is 5.91 Å². The van der Waals surface area contributed by atoms with Crippen LogP contribution in [0.3, 0.4) is 0 Å². The van der Waals surface area contributed by atoms with Crippen molar-refractivity contribution in [3.63, 3.8) is 0 Å². The van der Waals surface area contributed by atoms with Gasteiger partial charge in [-0.05, 0) is 42.2 Å². The minimum Gasteiger partial charge on any atom is -0.354 e. The number of aromatic nitrogens is 1. The lowest BCUT2D eigenvalue weighted by Gasteiger charge is -2.29. The standard InChI is InChI=1S/C25H26ClN5O.CH4/c26-21-11-12-23(29-17-21)30-25(32)22-4-2-1-3-19(22)8-5-18-6-9-20(10-7-18)24(27)31-15-13-28-14-16-31;/h1-4,6-7,9-12,17,27-28H,5,8,13-16H2,(H,29,30,32);1H4. The van der Waals surface area contributed by atoms with E-state index in [0.717, 1.165) is 50.1 Å². The Hall–Kier alpha value is -3.22. The van der Waals surface area contributed by atoms with Crippen LogP contribution in [-0.2, 0) is 12.8 Å². The first kappa shape index (κ1) is 24.4. The first-order valence-electron chi connectivity index (χ1n) is 10.7. The topological polar surface area (TPSA) is 81.1 Å². The Morgan fingerprint density at radius 2 is 1.76 bits per heavy atom. The van der Waals surface area contributed by atoms with E-state index >= 15 is 0 Å². The number of nitrogens with one attached hydrogen (secondary N) is 3. The van der Waals surface area contributed by atoms with Crippen molar-refractivity contribution in [1.82, 2.24) is 15.2 Å². The van der Waals surface area contributed by atoms with E-state index < -0.39 is 0 Å². The van der Waals surface area contributed by atoms with Gasteiger partial charge in [0.2, 0.25) is 0 Å². The minimum atomic E-state index is -0.185. The maximum absolute atomic E-state index is 12.8. The fraction of sp³-hybridized carbons (Fsp3) is 0.269. The van der Waals surface area contributed by atoms with E-state index in [9.17, 15) is 4.79 Å². The monoisotopic (exact) mass is 463 g/mol. The Bertz CT molecular complexity index is 1080. The quantitative estimate of drug-likeness (QED) is 0.367. The molecule has 0 unspecified atom stereocenters. The van der Waals surface area contributed by atoms with Crippen LogP contribution in [0.2, 0.25) is 5.02 Å². The average Bonchev–Trinajstić information content (AvgIpc) is 2.85. The molecule has 0 radical (unpaired) electrons. The van der Waals surface area contributed by atoms with Crippen LogP contribution in [0, 0.1) is 5.41 Å². The summed E-state index contributed by atoms with van der Waals surface area (Å²) in [6.45, 7) is 3.57. The van der Waals surface area contributed by atoms with Crippen molar-refractivity contribution in [1.29, 1.82) is 5.41 Å². The molecule has 0 saturated carbocycles. The lowest BCUT2D eigenvalue weighted by atomic mass is 9.98. The van der Waals surface area contributed by atoms with Crippen LogP contribution in [0.25, 0.3) is 0 Å². The molecule has 1 amide bonds. The van der Waals surface area contributed by atoms with Crippen LogP contribution in [0.4, 0.5) is 5.82 Å². The van der Waals surface area contributed by atoms with Crippen LogP contribution in [-0.4, -0.2) is 47.8 Å². The molecule has 1 aliphatic rings. The molecule has 1 aromatic heterocycles. The van der Waals surface area contributed by atoms with Crippen molar-refractivity contribution in [3.05, 3.63) is 94.1 Å². The van der Waals surface area contributed by atoms with E-state index in [0.29, 0.717) is 22.2 Å². The van der Waals surface area contributed by atoms with E-state index in [1.807, 2.05) is 36.4 Å². The van der Waals surface area contributed by atoms with E-state index in [4.69, 9.17) is 17.0 Å². The maximum atomic E-state index is 12.8. The predicted octanol–water partition coefficient (Wildman–Crippen LogP) is 4.64. The smallest absolute Gasteiger partial charge is 0.257 e. The first-order valence-corrected chi connectivity index (χ1v) is 11.1. The van der Waals surface area contributed by atoms with Crippen molar-refractivity contribution < 1.29 is 4.79 Å². The highest BCUT2D eigenvalue weighted by molar-refractivity contribution is 6.30. The van der Waals surface area contributed by atoms with Crippen molar-refractivity contribution >= 4 is 29.2 Å². The molecule has 7 heteroatoms. The molecule has 33 heavy (non-hydrogen) atoms. The zero-order chi connectivity index (χ0) is 22.3. The lowest BCUT2D eigenvalue weighted by molar-refractivity contribution is 0.102. The second-order valence-corrected chi connectivity index (χ2v) is 8.19. The van der Waals surface area contributed by atoms with Crippen LogP contribution in [0.1, 0.15) is 34.5 Å². The number of hydrogen-bond acceptors (Lipinski definition) is 4. The van der Waals surface area contributed by atoms with Gasteiger partial charge in [-0.2, -0.15) is 0 Å². The Balaban J connectivity index is 0.00000306. The first-order chi connectivity index (χ1) is 15.6. The molecule has 0 spiro atoms. The third kappa shape index (κ3) is 6.40. The summed E-state index contributed by atoms with van der Waals surface area (Å²) in [4.78, 5) is 19.0. The molecule has 3 aromatic rings. The maximum Gasteiger partial charge on any atom is 0.257 e. The van der Waals surface area contributed by atoms with Gasteiger partial charge in [-0.25, -0.2) is 4.98 Å². The number of hydrogen-bond donors (Lipinski definition) is 3. The molecule has 1 saturated heterocycles. The van der Waals surface area contributed by atoms with Crippen molar-refractivity contribution in [2.45, 2.75) is 20.3 Å². The Labute approximate surface area is 200 Å². The van der Waals surface area contributed by atoms with Gasteiger partial charge in [0.1, 0.15) is 11.7 Å². The van der Waals surface area contributed by atoms with Gasteiger partial charge in [0, 0.05) is 43.5 Å². The Morgan fingerprint density at radius 3 is 2.45 bits per heavy atom. The third-order valence-corrected chi connectivity index (χ3v) is 5.80. The van der Waals surface area contributed by atoms with Crippen molar-refractivity contribution in [2.24, 2.45) is 0 Å². The molecule has 6 nitrogen and oxygen atoms in total. The summed E-state index contributed by atoms with van der Waals surface area (Å²) in [7, 11) is 0. The summed E-state index contributed by atoms with van der Waals surface area (Å²) in [6, 6.07) is 19.2. The molecule has 0 bridgehead atoms. The molecule has 1 fully saturated rings. The minimum absolute atomic E-state index is 0. The number of pyridine rings is 1. The highest BCUT2D eigenvalue weighted by Crippen LogP contribution is 2.17. The number of amides is 1.